The van der Waals surface area contributed by atoms with Gasteiger partial charge in [0.15, 0.2) is 0 Å². The Morgan fingerprint density at radius 1 is 1.44 bits per heavy atom. The summed E-state index contributed by atoms with van der Waals surface area (Å²) in [6, 6.07) is 0. The predicted molar refractivity (Wildman–Crippen MR) is 68.5 cm³/mol. The van der Waals surface area contributed by atoms with Gasteiger partial charge in [0.05, 0.1) is 19.3 Å². The zero-order valence-corrected chi connectivity index (χ0v) is 11.0. The smallest absolute Gasteiger partial charge is 0.331 e. The summed E-state index contributed by atoms with van der Waals surface area (Å²) in [5, 5.41) is 17.6. The van der Waals surface area contributed by atoms with Crippen LogP contribution < -0.4 is 0 Å². The molecule has 0 atom stereocenters. The van der Waals surface area contributed by atoms with E-state index in [1.54, 1.807) is 6.08 Å². The molecule has 2 N–H and O–H groups in total. The number of rotatable bonds is 7. The molecule has 0 saturated carbocycles. The summed E-state index contributed by atoms with van der Waals surface area (Å²) < 4.78 is 5.48. The monoisotopic (exact) mass is 257 g/mol. The average Bonchev–Trinajstić information content (AvgIpc) is 2.38. The van der Waals surface area contributed by atoms with Gasteiger partial charge in [-0.05, 0) is 19.3 Å². The van der Waals surface area contributed by atoms with Gasteiger partial charge in [-0.1, -0.05) is 13.0 Å². The van der Waals surface area contributed by atoms with Crippen LogP contribution >= 0.6 is 0 Å². The van der Waals surface area contributed by atoms with Crippen molar-refractivity contribution in [2.75, 3.05) is 32.8 Å². The van der Waals surface area contributed by atoms with Gasteiger partial charge in [0.1, 0.15) is 0 Å². The van der Waals surface area contributed by atoms with Gasteiger partial charge >= 0.3 is 5.97 Å². The molecule has 0 aliphatic carbocycles. The van der Waals surface area contributed by atoms with Crippen molar-refractivity contribution in [3.8, 4) is 0 Å². The topological polar surface area (TPSA) is 70.0 Å². The SMILES string of the molecule is CCC(=CCN1CCC(OCCO)CC1)C(=O)O. The molecule has 1 heterocycles. The van der Waals surface area contributed by atoms with E-state index < -0.39 is 5.97 Å². The van der Waals surface area contributed by atoms with Crippen LogP contribution in [0.3, 0.4) is 0 Å². The molecule has 104 valence electrons. The average molecular weight is 257 g/mol. The minimum absolute atomic E-state index is 0.0709. The maximum atomic E-state index is 10.8. The molecule has 1 fully saturated rings. The minimum Gasteiger partial charge on any atom is -0.478 e. The lowest BCUT2D eigenvalue weighted by atomic mass is 10.1. The molecule has 0 aromatic rings. The van der Waals surface area contributed by atoms with Crippen LogP contribution in [0.1, 0.15) is 26.2 Å². The number of ether oxygens (including phenoxy) is 1. The van der Waals surface area contributed by atoms with E-state index in [4.69, 9.17) is 14.9 Å². The van der Waals surface area contributed by atoms with Crippen LogP contribution in [0.2, 0.25) is 0 Å². The number of aliphatic hydroxyl groups is 1. The molecule has 1 saturated heterocycles. The molecule has 1 aliphatic heterocycles. The Labute approximate surface area is 108 Å². The van der Waals surface area contributed by atoms with Crippen molar-refractivity contribution in [1.82, 2.24) is 4.90 Å². The number of carboxylic acid groups (broad SMARTS) is 1. The van der Waals surface area contributed by atoms with Gasteiger partial charge in [0, 0.05) is 25.2 Å². The first-order valence-electron chi connectivity index (χ1n) is 6.54. The number of carboxylic acids is 1. The Kier molecular flexibility index (Phi) is 6.93. The van der Waals surface area contributed by atoms with Gasteiger partial charge in [0.2, 0.25) is 0 Å². The van der Waals surface area contributed by atoms with Gasteiger partial charge in [-0.25, -0.2) is 4.79 Å². The molecule has 0 unspecified atom stereocenters. The fraction of sp³-hybridized carbons (Fsp3) is 0.769. The van der Waals surface area contributed by atoms with E-state index in [0.717, 1.165) is 25.9 Å². The van der Waals surface area contributed by atoms with E-state index in [-0.39, 0.29) is 12.7 Å². The maximum absolute atomic E-state index is 10.8. The first-order chi connectivity index (χ1) is 8.67. The summed E-state index contributed by atoms with van der Waals surface area (Å²) >= 11 is 0. The zero-order valence-electron chi connectivity index (χ0n) is 11.0. The first kappa shape index (κ1) is 15.1. The van der Waals surface area contributed by atoms with Crippen LogP contribution in [0.15, 0.2) is 11.6 Å². The van der Waals surface area contributed by atoms with Crippen LogP contribution in [0.5, 0.6) is 0 Å². The molecule has 0 amide bonds. The number of carbonyl (C=O) groups is 1. The molecule has 5 nitrogen and oxygen atoms in total. The molecule has 18 heavy (non-hydrogen) atoms. The molecule has 0 spiro atoms. The van der Waals surface area contributed by atoms with E-state index >= 15 is 0 Å². The number of hydrogen-bond donors (Lipinski definition) is 2. The molecule has 0 radical (unpaired) electrons. The molecule has 0 aromatic carbocycles. The first-order valence-corrected chi connectivity index (χ1v) is 6.54. The highest BCUT2D eigenvalue weighted by atomic mass is 16.5. The lowest BCUT2D eigenvalue weighted by Gasteiger charge is -2.31. The Morgan fingerprint density at radius 2 is 2.11 bits per heavy atom. The Morgan fingerprint density at radius 3 is 2.61 bits per heavy atom. The van der Waals surface area contributed by atoms with Crippen molar-refractivity contribution in [3.05, 3.63) is 11.6 Å². The highest BCUT2D eigenvalue weighted by Gasteiger charge is 2.18. The molecular formula is C13H23NO4. The molecule has 1 aliphatic rings. The van der Waals surface area contributed by atoms with Gasteiger partial charge < -0.3 is 14.9 Å². The van der Waals surface area contributed by atoms with Crippen LogP contribution in [0.25, 0.3) is 0 Å². The third-order valence-corrected chi connectivity index (χ3v) is 3.23. The summed E-state index contributed by atoms with van der Waals surface area (Å²) in [6.45, 7) is 4.87. The summed E-state index contributed by atoms with van der Waals surface area (Å²) in [5.41, 5.74) is 0.480. The van der Waals surface area contributed by atoms with Crippen molar-refractivity contribution >= 4 is 5.97 Å². The Hall–Kier alpha value is -0.910. The zero-order chi connectivity index (χ0) is 13.4. The predicted octanol–water partition coefficient (Wildman–Crippen LogP) is 0.881. The molecule has 5 heteroatoms. The summed E-state index contributed by atoms with van der Waals surface area (Å²) in [5.74, 6) is -0.821. The van der Waals surface area contributed by atoms with Crippen molar-refractivity contribution in [2.24, 2.45) is 0 Å². The summed E-state index contributed by atoms with van der Waals surface area (Å²) in [7, 11) is 0. The van der Waals surface area contributed by atoms with Crippen molar-refractivity contribution in [3.63, 3.8) is 0 Å². The van der Waals surface area contributed by atoms with Gasteiger partial charge in [-0.2, -0.15) is 0 Å². The third-order valence-electron chi connectivity index (χ3n) is 3.23. The molecule has 0 aromatic heterocycles. The number of likely N-dealkylation sites (tertiary alicyclic amines) is 1. The van der Waals surface area contributed by atoms with E-state index in [0.29, 0.717) is 25.1 Å². The fourth-order valence-electron chi connectivity index (χ4n) is 2.10. The second-order valence-electron chi connectivity index (χ2n) is 4.48. The molecular weight excluding hydrogens is 234 g/mol. The quantitative estimate of drug-likeness (QED) is 0.663. The van der Waals surface area contributed by atoms with Crippen molar-refractivity contribution < 1.29 is 19.7 Å². The van der Waals surface area contributed by atoms with Crippen molar-refractivity contribution in [2.45, 2.75) is 32.3 Å². The highest BCUT2D eigenvalue weighted by molar-refractivity contribution is 5.86. The van der Waals surface area contributed by atoms with Gasteiger partial charge in [-0.3, -0.25) is 4.90 Å². The number of aliphatic hydroxyl groups excluding tert-OH is 1. The number of hydrogen-bond acceptors (Lipinski definition) is 4. The van der Waals surface area contributed by atoms with Gasteiger partial charge in [-0.15, -0.1) is 0 Å². The summed E-state index contributed by atoms with van der Waals surface area (Å²) in [4.78, 5) is 13.1. The lowest BCUT2D eigenvalue weighted by Crippen LogP contribution is -2.37. The third kappa shape index (κ3) is 5.16. The normalized spacial score (nSPS) is 19.1. The van der Waals surface area contributed by atoms with E-state index in [9.17, 15) is 4.79 Å². The Balaban J connectivity index is 2.29. The standard InChI is InChI=1S/C13H23NO4/c1-2-11(13(16)17)3-6-14-7-4-12(5-8-14)18-10-9-15/h3,12,15H,2,4-10H2,1H3,(H,16,17). The number of piperidine rings is 1. The van der Waals surface area contributed by atoms with E-state index in [2.05, 4.69) is 4.90 Å². The minimum atomic E-state index is -0.821. The number of aliphatic carboxylic acids is 1. The molecule has 1 rings (SSSR count). The summed E-state index contributed by atoms with van der Waals surface area (Å²) in [6.07, 6.45) is 4.50. The van der Waals surface area contributed by atoms with Gasteiger partial charge in [0.25, 0.3) is 0 Å². The fourth-order valence-corrected chi connectivity index (χ4v) is 2.10. The highest BCUT2D eigenvalue weighted by Crippen LogP contribution is 2.14. The Bertz CT molecular complexity index is 283. The largest absolute Gasteiger partial charge is 0.478 e. The van der Waals surface area contributed by atoms with E-state index in [1.807, 2.05) is 6.92 Å². The second kappa shape index (κ2) is 8.24. The van der Waals surface area contributed by atoms with Crippen LogP contribution in [-0.2, 0) is 9.53 Å². The maximum Gasteiger partial charge on any atom is 0.331 e. The van der Waals surface area contributed by atoms with Crippen molar-refractivity contribution in [1.29, 1.82) is 0 Å². The van der Waals surface area contributed by atoms with Crippen LogP contribution in [0, 0.1) is 0 Å². The van der Waals surface area contributed by atoms with E-state index in [1.165, 1.54) is 0 Å². The van der Waals surface area contributed by atoms with Crippen LogP contribution in [-0.4, -0.2) is 60.0 Å². The molecule has 0 bridgehead atoms. The van der Waals surface area contributed by atoms with Crippen LogP contribution in [0.4, 0.5) is 0 Å². The lowest BCUT2D eigenvalue weighted by molar-refractivity contribution is -0.132. The second-order valence-corrected chi connectivity index (χ2v) is 4.48. The number of nitrogens with zero attached hydrogens (tertiary/aromatic N) is 1.